The summed E-state index contributed by atoms with van der Waals surface area (Å²) in [5.41, 5.74) is 0.852. The highest BCUT2D eigenvalue weighted by Crippen LogP contribution is 2.28. The highest BCUT2D eigenvalue weighted by molar-refractivity contribution is 7.91. The number of primary sulfonamides is 1. The fourth-order valence-electron chi connectivity index (χ4n) is 2.98. The number of amides is 1. The summed E-state index contributed by atoms with van der Waals surface area (Å²) in [7, 11) is -3.75. The van der Waals surface area contributed by atoms with Gasteiger partial charge in [0.2, 0.25) is 10.0 Å². The summed E-state index contributed by atoms with van der Waals surface area (Å²) in [5.74, 6) is 1.03. The van der Waals surface area contributed by atoms with Crippen LogP contribution < -0.4 is 10.5 Å². The molecule has 1 amide bonds. The molecule has 1 fully saturated rings. The molecule has 0 bridgehead atoms. The second-order valence-electron chi connectivity index (χ2n) is 5.95. The van der Waals surface area contributed by atoms with Gasteiger partial charge in [-0.15, -0.1) is 11.3 Å². The van der Waals surface area contributed by atoms with Gasteiger partial charge in [0.25, 0.3) is 5.91 Å². The lowest BCUT2D eigenvalue weighted by Gasteiger charge is -2.26. The van der Waals surface area contributed by atoms with Crippen LogP contribution in [0.1, 0.15) is 48.5 Å². The standard InChI is InChI=1S/C14H22N2O3S2/c1-9-4-3-5-11(6-9)7-16-13(17)12-8-20-14(10(12)2)21(15,18)19/h8-9,11H,3-7H2,1-2H3,(H,16,17)(H2,15,18,19). The number of rotatable bonds is 4. The van der Waals surface area contributed by atoms with Crippen LogP contribution >= 0.6 is 11.3 Å². The molecule has 21 heavy (non-hydrogen) atoms. The molecular formula is C14H22N2O3S2. The van der Waals surface area contributed by atoms with Crippen molar-refractivity contribution in [3.8, 4) is 0 Å². The van der Waals surface area contributed by atoms with Gasteiger partial charge in [-0.3, -0.25) is 4.79 Å². The van der Waals surface area contributed by atoms with Crippen molar-refractivity contribution in [1.29, 1.82) is 0 Å². The molecule has 1 aliphatic carbocycles. The summed E-state index contributed by atoms with van der Waals surface area (Å²) < 4.78 is 22.8. The quantitative estimate of drug-likeness (QED) is 0.887. The summed E-state index contributed by atoms with van der Waals surface area (Å²) in [4.78, 5) is 12.2. The Labute approximate surface area is 130 Å². The highest BCUT2D eigenvalue weighted by Gasteiger charge is 2.23. The zero-order valence-electron chi connectivity index (χ0n) is 12.4. The van der Waals surface area contributed by atoms with E-state index in [0.29, 0.717) is 23.6 Å². The molecule has 1 aromatic rings. The molecule has 1 aromatic heterocycles. The Kier molecular flexibility index (Phi) is 5.06. The number of sulfonamides is 1. The fraction of sp³-hybridized carbons (Fsp3) is 0.643. The molecular weight excluding hydrogens is 308 g/mol. The SMILES string of the molecule is Cc1c(C(=O)NCC2CCCC(C)C2)csc1S(N)(=O)=O. The molecule has 5 nitrogen and oxygen atoms in total. The second kappa shape index (κ2) is 6.46. The lowest BCUT2D eigenvalue weighted by molar-refractivity contribution is 0.0940. The predicted molar refractivity (Wildman–Crippen MR) is 83.9 cm³/mol. The van der Waals surface area contributed by atoms with E-state index in [1.807, 2.05) is 0 Å². The molecule has 2 rings (SSSR count). The van der Waals surface area contributed by atoms with Crippen LogP contribution in [0.5, 0.6) is 0 Å². The average molecular weight is 330 g/mol. The third-order valence-electron chi connectivity index (χ3n) is 4.09. The van der Waals surface area contributed by atoms with Crippen LogP contribution in [-0.4, -0.2) is 20.9 Å². The summed E-state index contributed by atoms with van der Waals surface area (Å²) in [6.07, 6.45) is 4.78. The van der Waals surface area contributed by atoms with Crippen LogP contribution in [0.4, 0.5) is 0 Å². The maximum atomic E-state index is 12.2. The Morgan fingerprint density at radius 1 is 1.48 bits per heavy atom. The van der Waals surface area contributed by atoms with Crippen LogP contribution in [0.15, 0.2) is 9.59 Å². The normalized spacial score (nSPS) is 23.0. The van der Waals surface area contributed by atoms with Crippen molar-refractivity contribution in [2.45, 2.75) is 43.7 Å². The van der Waals surface area contributed by atoms with E-state index < -0.39 is 10.0 Å². The molecule has 0 aliphatic heterocycles. The molecule has 1 heterocycles. The Morgan fingerprint density at radius 2 is 2.19 bits per heavy atom. The summed E-state index contributed by atoms with van der Waals surface area (Å²) in [5, 5.41) is 9.62. The van der Waals surface area contributed by atoms with Crippen LogP contribution in [-0.2, 0) is 10.0 Å². The predicted octanol–water partition coefficient (Wildman–Crippen LogP) is 2.26. The zero-order valence-corrected chi connectivity index (χ0v) is 14.0. The molecule has 0 radical (unpaired) electrons. The molecule has 2 unspecified atom stereocenters. The van der Waals surface area contributed by atoms with Gasteiger partial charge in [0.1, 0.15) is 4.21 Å². The molecule has 1 saturated carbocycles. The van der Waals surface area contributed by atoms with Gasteiger partial charge in [-0.1, -0.05) is 19.8 Å². The number of nitrogens with two attached hydrogens (primary N) is 1. The van der Waals surface area contributed by atoms with Gasteiger partial charge in [-0.25, -0.2) is 13.6 Å². The van der Waals surface area contributed by atoms with Gasteiger partial charge >= 0.3 is 0 Å². The van der Waals surface area contributed by atoms with Crippen LogP contribution in [0.3, 0.4) is 0 Å². The first-order valence-corrected chi connectivity index (χ1v) is 9.60. The van der Waals surface area contributed by atoms with Crippen LogP contribution in [0.25, 0.3) is 0 Å². The largest absolute Gasteiger partial charge is 0.352 e. The van der Waals surface area contributed by atoms with Crippen molar-refractivity contribution < 1.29 is 13.2 Å². The topological polar surface area (TPSA) is 89.3 Å². The number of thiophene rings is 1. The van der Waals surface area contributed by atoms with E-state index in [1.54, 1.807) is 12.3 Å². The smallest absolute Gasteiger partial charge is 0.252 e. The van der Waals surface area contributed by atoms with Gasteiger partial charge in [0, 0.05) is 11.9 Å². The van der Waals surface area contributed by atoms with Gasteiger partial charge in [-0.05, 0) is 37.2 Å². The molecule has 0 aromatic carbocycles. The first kappa shape index (κ1) is 16.5. The van der Waals surface area contributed by atoms with Crippen LogP contribution in [0.2, 0.25) is 0 Å². The first-order chi connectivity index (χ1) is 9.79. The van der Waals surface area contributed by atoms with Gasteiger partial charge < -0.3 is 5.32 Å². The van der Waals surface area contributed by atoms with Crippen molar-refractivity contribution in [3.05, 3.63) is 16.5 Å². The van der Waals surface area contributed by atoms with E-state index in [-0.39, 0.29) is 10.1 Å². The summed E-state index contributed by atoms with van der Waals surface area (Å²) >= 11 is 0.999. The minimum absolute atomic E-state index is 0.0685. The number of nitrogens with one attached hydrogen (secondary N) is 1. The highest BCUT2D eigenvalue weighted by atomic mass is 32.2. The van der Waals surface area contributed by atoms with E-state index in [0.717, 1.165) is 30.1 Å². The molecule has 3 N–H and O–H groups in total. The molecule has 2 atom stereocenters. The van der Waals surface area contributed by atoms with Crippen molar-refractivity contribution in [3.63, 3.8) is 0 Å². The fourth-order valence-corrected chi connectivity index (χ4v) is 4.99. The van der Waals surface area contributed by atoms with Crippen LogP contribution in [0, 0.1) is 18.8 Å². The van der Waals surface area contributed by atoms with E-state index in [2.05, 4.69) is 12.2 Å². The maximum absolute atomic E-state index is 12.2. The van der Waals surface area contributed by atoms with Gasteiger partial charge in [0.15, 0.2) is 0 Å². The van der Waals surface area contributed by atoms with Crippen molar-refractivity contribution in [2.75, 3.05) is 6.54 Å². The Bertz CT molecular complexity index is 622. The summed E-state index contributed by atoms with van der Waals surface area (Å²) in [6, 6.07) is 0. The number of hydrogen-bond donors (Lipinski definition) is 2. The maximum Gasteiger partial charge on any atom is 0.252 e. The minimum Gasteiger partial charge on any atom is -0.352 e. The Morgan fingerprint density at radius 3 is 2.76 bits per heavy atom. The van der Waals surface area contributed by atoms with E-state index in [9.17, 15) is 13.2 Å². The monoisotopic (exact) mass is 330 g/mol. The van der Waals surface area contributed by atoms with Gasteiger partial charge in [-0.2, -0.15) is 0 Å². The summed E-state index contributed by atoms with van der Waals surface area (Å²) in [6.45, 7) is 4.52. The molecule has 0 spiro atoms. The van der Waals surface area contributed by atoms with Crippen molar-refractivity contribution in [1.82, 2.24) is 5.32 Å². The van der Waals surface area contributed by atoms with E-state index in [1.165, 1.54) is 12.8 Å². The Balaban J connectivity index is 1.99. The van der Waals surface area contributed by atoms with E-state index in [4.69, 9.17) is 5.14 Å². The molecule has 7 heteroatoms. The third-order valence-corrected chi connectivity index (χ3v) is 6.78. The number of carbonyl (C=O) groups is 1. The lowest BCUT2D eigenvalue weighted by atomic mass is 9.82. The second-order valence-corrected chi connectivity index (χ2v) is 8.59. The average Bonchev–Trinajstić information content (AvgIpc) is 2.78. The number of carbonyl (C=O) groups excluding carboxylic acids is 1. The Hall–Kier alpha value is -0.920. The van der Waals surface area contributed by atoms with Crippen molar-refractivity contribution in [2.24, 2.45) is 17.0 Å². The molecule has 118 valence electrons. The van der Waals surface area contributed by atoms with Gasteiger partial charge in [0.05, 0.1) is 5.56 Å². The zero-order chi connectivity index (χ0) is 15.6. The van der Waals surface area contributed by atoms with E-state index >= 15 is 0 Å². The number of hydrogen-bond acceptors (Lipinski definition) is 4. The molecule has 1 aliphatic rings. The lowest BCUT2D eigenvalue weighted by Crippen LogP contribution is -2.31. The minimum atomic E-state index is -3.75. The van der Waals surface area contributed by atoms with Crippen molar-refractivity contribution >= 4 is 27.3 Å². The first-order valence-electron chi connectivity index (χ1n) is 7.18. The molecule has 0 saturated heterocycles. The third kappa shape index (κ3) is 4.05.